The van der Waals surface area contributed by atoms with Crippen molar-refractivity contribution in [1.29, 1.82) is 0 Å². The van der Waals surface area contributed by atoms with Crippen LogP contribution >= 0.6 is 0 Å². The second kappa shape index (κ2) is 4.22. The molecule has 0 spiro atoms. The normalized spacial score (nSPS) is 37.9. The molecule has 110 valence electrons. The van der Waals surface area contributed by atoms with Gasteiger partial charge in [-0.25, -0.2) is 0 Å². The van der Waals surface area contributed by atoms with Gasteiger partial charge in [-0.2, -0.15) is 0 Å². The Balaban J connectivity index is 1.78. The van der Waals surface area contributed by atoms with Gasteiger partial charge in [0.2, 0.25) is 0 Å². The molecule has 2 saturated carbocycles. The highest BCUT2D eigenvalue weighted by Crippen LogP contribution is 2.60. The summed E-state index contributed by atoms with van der Waals surface area (Å²) in [5.41, 5.74) is 3.53. The summed E-state index contributed by atoms with van der Waals surface area (Å²) in [6, 6.07) is 5.73. The lowest BCUT2D eigenvalue weighted by atomic mass is 9.55. The standard InChI is InChI=1S/C19H22O2/c1-11-9-16-14(13-4-3-12(20)10-15(11)13)7-8-19(2)17(16)5-6-18(19)21/h3-4,10,14,16-17,20H,1,5-9H2,2H3/t14-,16-,17+,19+/m1/s1. The number of carbonyl (C=O) groups is 1. The van der Waals surface area contributed by atoms with Crippen molar-refractivity contribution in [2.24, 2.45) is 17.3 Å². The molecule has 0 heterocycles. The number of ketones is 1. The Labute approximate surface area is 125 Å². The summed E-state index contributed by atoms with van der Waals surface area (Å²) in [5.74, 6) is 2.41. The predicted molar refractivity (Wildman–Crippen MR) is 83.1 cm³/mol. The van der Waals surface area contributed by atoms with Crippen LogP contribution in [0, 0.1) is 17.3 Å². The fraction of sp³-hybridized carbons (Fsp3) is 0.526. The van der Waals surface area contributed by atoms with E-state index in [2.05, 4.69) is 19.6 Å². The maximum absolute atomic E-state index is 12.3. The van der Waals surface area contributed by atoms with E-state index < -0.39 is 0 Å². The molecule has 0 aliphatic heterocycles. The third-order valence-corrected chi connectivity index (χ3v) is 6.45. The topological polar surface area (TPSA) is 37.3 Å². The quantitative estimate of drug-likeness (QED) is 0.770. The van der Waals surface area contributed by atoms with Gasteiger partial charge in [0.1, 0.15) is 11.5 Å². The van der Waals surface area contributed by atoms with Gasteiger partial charge in [-0.15, -0.1) is 0 Å². The molecule has 0 saturated heterocycles. The second-order valence-electron chi connectivity index (χ2n) is 7.37. The third kappa shape index (κ3) is 1.68. The first-order chi connectivity index (χ1) is 10.0. The fourth-order valence-corrected chi connectivity index (χ4v) is 5.30. The van der Waals surface area contributed by atoms with Gasteiger partial charge in [-0.05, 0) is 72.3 Å². The minimum Gasteiger partial charge on any atom is -0.508 e. The number of aromatic hydroxyl groups is 1. The van der Waals surface area contributed by atoms with E-state index in [1.165, 1.54) is 5.56 Å². The number of rotatable bonds is 0. The second-order valence-corrected chi connectivity index (χ2v) is 7.37. The number of Topliss-reactive ketones (excluding diaryl/α,β-unsaturated/α-hetero) is 1. The van der Waals surface area contributed by atoms with Gasteiger partial charge in [-0.1, -0.05) is 19.6 Å². The van der Waals surface area contributed by atoms with Crippen LogP contribution in [-0.2, 0) is 4.79 Å². The molecule has 2 heteroatoms. The van der Waals surface area contributed by atoms with Gasteiger partial charge in [-0.3, -0.25) is 4.79 Å². The van der Waals surface area contributed by atoms with E-state index in [0.29, 0.717) is 29.3 Å². The maximum Gasteiger partial charge on any atom is 0.139 e. The Morgan fingerprint density at radius 2 is 2.14 bits per heavy atom. The van der Waals surface area contributed by atoms with E-state index in [1.807, 2.05) is 6.07 Å². The number of benzene rings is 1. The average Bonchev–Trinajstić information content (AvgIpc) is 2.76. The van der Waals surface area contributed by atoms with E-state index in [1.54, 1.807) is 6.07 Å². The van der Waals surface area contributed by atoms with Crippen molar-refractivity contribution in [2.75, 3.05) is 0 Å². The van der Waals surface area contributed by atoms with Crippen LogP contribution in [0.1, 0.15) is 56.1 Å². The smallest absolute Gasteiger partial charge is 0.139 e. The first kappa shape index (κ1) is 13.1. The minimum absolute atomic E-state index is 0.0874. The first-order valence-electron chi connectivity index (χ1n) is 8.05. The Bertz CT molecular complexity index is 645. The summed E-state index contributed by atoms with van der Waals surface area (Å²) in [6.07, 6.45) is 4.91. The van der Waals surface area contributed by atoms with Gasteiger partial charge in [0.05, 0.1) is 0 Å². The number of phenolic OH excluding ortho intramolecular Hbond substituents is 1. The summed E-state index contributed by atoms with van der Waals surface area (Å²) in [4.78, 5) is 12.3. The van der Waals surface area contributed by atoms with Crippen LogP contribution in [0.15, 0.2) is 24.8 Å². The van der Waals surface area contributed by atoms with Gasteiger partial charge >= 0.3 is 0 Å². The third-order valence-electron chi connectivity index (χ3n) is 6.45. The highest BCUT2D eigenvalue weighted by Gasteiger charge is 2.54. The summed E-state index contributed by atoms with van der Waals surface area (Å²) in [7, 11) is 0. The molecule has 3 aliphatic carbocycles. The molecule has 0 radical (unpaired) electrons. The number of hydrogen-bond donors (Lipinski definition) is 1. The van der Waals surface area contributed by atoms with Crippen molar-refractivity contribution in [3.05, 3.63) is 35.9 Å². The molecule has 3 aliphatic rings. The van der Waals surface area contributed by atoms with Crippen molar-refractivity contribution >= 4 is 11.4 Å². The monoisotopic (exact) mass is 282 g/mol. The minimum atomic E-state index is -0.0874. The first-order valence-corrected chi connectivity index (χ1v) is 8.05. The summed E-state index contributed by atoms with van der Waals surface area (Å²) < 4.78 is 0. The molecular formula is C19H22O2. The Morgan fingerprint density at radius 1 is 1.33 bits per heavy atom. The van der Waals surface area contributed by atoms with Gasteiger partial charge in [0.25, 0.3) is 0 Å². The summed E-state index contributed by atoms with van der Waals surface area (Å²) in [6.45, 7) is 6.44. The van der Waals surface area contributed by atoms with Crippen molar-refractivity contribution in [1.82, 2.24) is 0 Å². The zero-order valence-corrected chi connectivity index (χ0v) is 12.6. The van der Waals surface area contributed by atoms with E-state index >= 15 is 0 Å². The number of fused-ring (bicyclic) bond motifs is 5. The molecule has 0 unspecified atom stereocenters. The molecule has 2 fully saturated rings. The average molecular weight is 282 g/mol. The lowest BCUT2D eigenvalue weighted by molar-refractivity contribution is -0.129. The molecule has 0 bridgehead atoms. The number of hydrogen-bond acceptors (Lipinski definition) is 2. The van der Waals surface area contributed by atoms with E-state index in [-0.39, 0.29) is 5.41 Å². The largest absolute Gasteiger partial charge is 0.508 e. The van der Waals surface area contributed by atoms with Crippen molar-refractivity contribution in [3.8, 4) is 5.75 Å². The highest BCUT2D eigenvalue weighted by atomic mass is 16.3. The van der Waals surface area contributed by atoms with Crippen LogP contribution in [-0.4, -0.2) is 10.9 Å². The lowest BCUT2D eigenvalue weighted by Crippen LogP contribution is -2.42. The zero-order chi connectivity index (χ0) is 14.8. The molecular weight excluding hydrogens is 260 g/mol. The van der Waals surface area contributed by atoms with E-state index in [4.69, 9.17) is 0 Å². The molecule has 0 aromatic heterocycles. The number of phenols is 1. The molecule has 0 amide bonds. The van der Waals surface area contributed by atoms with Crippen LogP contribution in [0.2, 0.25) is 0 Å². The Kier molecular flexibility index (Phi) is 2.64. The number of carbonyl (C=O) groups excluding carboxylic acids is 1. The SMILES string of the molecule is C=C1C[C@@H]2[C@H](CC[C@]3(C)C(=O)CC[C@@H]23)c2ccc(O)cc21. The van der Waals surface area contributed by atoms with Crippen LogP contribution in [0.5, 0.6) is 5.75 Å². The molecule has 1 aromatic rings. The van der Waals surface area contributed by atoms with E-state index in [9.17, 15) is 9.90 Å². The molecule has 2 nitrogen and oxygen atoms in total. The lowest BCUT2D eigenvalue weighted by Gasteiger charge is -2.48. The predicted octanol–water partition coefficient (Wildman–Crippen LogP) is 4.29. The molecule has 4 atom stereocenters. The maximum atomic E-state index is 12.3. The molecule has 1 N–H and O–H groups in total. The van der Waals surface area contributed by atoms with Crippen molar-refractivity contribution in [3.63, 3.8) is 0 Å². The highest BCUT2D eigenvalue weighted by molar-refractivity contribution is 5.87. The Hall–Kier alpha value is -1.57. The molecule has 21 heavy (non-hydrogen) atoms. The number of allylic oxidation sites excluding steroid dienone is 1. The zero-order valence-electron chi connectivity index (χ0n) is 12.6. The Morgan fingerprint density at radius 3 is 2.95 bits per heavy atom. The summed E-state index contributed by atoms with van der Waals surface area (Å²) in [5, 5.41) is 9.74. The van der Waals surface area contributed by atoms with Crippen LogP contribution in [0.3, 0.4) is 0 Å². The molecule has 1 aromatic carbocycles. The van der Waals surface area contributed by atoms with Gasteiger partial charge in [0, 0.05) is 11.8 Å². The van der Waals surface area contributed by atoms with Gasteiger partial charge < -0.3 is 5.11 Å². The fourth-order valence-electron chi connectivity index (χ4n) is 5.30. The molecule has 4 rings (SSSR count). The van der Waals surface area contributed by atoms with Crippen molar-refractivity contribution < 1.29 is 9.90 Å². The van der Waals surface area contributed by atoms with E-state index in [0.717, 1.165) is 43.2 Å². The van der Waals surface area contributed by atoms with Crippen LogP contribution in [0.25, 0.3) is 5.57 Å². The van der Waals surface area contributed by atoms with Crippen LogP contribution < -0.4 is 0 Å². The van der Waals surface area contributed by atoms with Gasteiger partial charge in [0.15, 0.2) is 0 Å². The summed E-state index contributed by atoms with van der Waals surface area (Å²) >= 11 is 0. The van der Waals surface area contributed by atoms with Crippen LogP contribution in [0.4, 0.5) is 0 Å². The van der Waals surface area contributed by atoms with Crippen molar-refractivity contribution in [2.45, 2.75) is 44.9 Å².